The lowest BCUT2D eigenvalue weighted by molar-refractivity contribution is 0.298. The van der Waals surface area contributed by atoms with Crippen LogP contribution in [0.5, 0.6) is 0 Å². The smallest absolute Gasteiger partial charge is 0.265 e. The van der Waals surface area contributed by atoms with Crippen LogP contribution in [-0.4, -0.2) is 21.7 Å². The molecule has 0 saturated carbocycles. The molecule has 0 spiro atoms. The predicted octanol–water partition coefficient (Wildman–Crippen LogP) is 0.0672. The van der Waals surface area contributed by atoms with Crippen molar-refractivity contribution in [1.82, 2.24) is 9.97 Å². The lowest BCUT2D eigenvalue weighted by atomic mass is 10.3. The van der Waals surface area contributed by atoms with Crippen LogP contribution in [0.1, 0.15) is 5.69 Å². The second-order valence-electron chi connectivity index (χ2n) is 1.97. The van der Waals surface area contributed by atoms with Crippen LogP contribution in [0.15, 0.2) is 15.6 Å². The Labute approximate surface area is 71.4 Å². The zero-order chi connectivity index (χ0) is 8.27. The fraction of sp³-hybridized carbons (Fsp3) is 0.333. The van der Waals surface area contributed by atoms with Gasteiger partial charge in [-0.25, -0.2) is 4.98 Å². The lowest BCUT2D eigenvalue weighted by Crippen LogP contribution is -2.11. The van der Waals surface area contributed by atoms with Gasteiger partial charge in [0.15, 0.2) is 0 Å². The number of nitrogens with one attached hydrogen (secondary N) is 1. The average molecular weight is 219 g/mol. The summed E-state index contributed by atoms with van der Waals surface area (Å²) in [7, 11) is 0. The van der Waals surface area contributed by atoms with E-state index in [2.05, 4.69) is 25.9 Å². The van der Waals surface area contributed by atoms with E-state index >= 15 is 0 Å². The average Bonchev–Trinajstić information content (AvgIpc) is 1.99. The number of hydrogen-bond donors (Lipinski definition) is 2. The van der Waals surface area contributed by atoms with Gasteiger partial charge in [0.25, 0.3) is 5.56 Å². The van der Waals surface area contributed by atoms with Crippen LogP contribution in [0.3, 0.4) is 0 Å². The Bertz CT molecular complexity index is 297. The maximum atomic E-state index is 10.9. The van der Waals surface area contributed by atoms with Crippen molar-refractivity contribution in [2.24, 2.45) is 0 Å². The molecule has 0 fully saturated rings. The molecule has 11 heavy (non-hydrogen) atoms. The maximum Gasteiger partial charge on any atom is 0.265 e. The van der Waals surface area contributed by atoms with E-state index in [1.165, 1.54) is 6.33 Å². The van der Waals surface area contributed by atoms with Crippen LogP contribution in [0.25, 0.3) is 0 Å². The van der Waals surface area contributed by atoms with E-state index in [1.54, 1.807) is 0 Å². The fourth-order valence-corrected chi connectivity index (χ4v) is 1.12. The number of nitrogens with zero attached hydrogens (tertiary/aromatic N) is 1. The summed E-state index contributed by atoms with van der Waals surface area (Å²) >= 11 is 3.06. The van der Waals surface area contributed by atoms with Gasteiger partial charge in [0.2, 0.25) is 0 Å². The van der Waals surface area contributed by atoms with E-state index in [0.29, 0.717) is 16.6 Å². The van der Waals surface area contributed by atoms with Crippen molar-refractivity contribution >= 4 is 15.9 Å². The second kappa shape index (κ2) is 3.64. The van der Waals surface area contributed by atoms with Gasteiger partial charge in [-0.05, 0) is 15.9 Å². The molecule has 1 aromatic heterocycles. The highest BCUT2D eigenvalue weighted by atomic mass is 79.9. The third-order valence-electron chi connectivity index (χ3n) is 1.22. The number of aliphatic hydroxyl groups excluding tert-OH is 1. The largest absolute Gasteiger partial charge is 0.396 e. The molecule has 0 aromatic carbocycles. The molecule has 4 nitrogen and oxygen atoms in total. The highest BCUT2D eigenvalue weighted by Gasteiger charge is 2.02. The van der Waals surface area contributed by atoms with E-state index < -0.39 is 0 Å². The second-order valence-corrected chi connectivity index (χ2v) is 2.76. The van der Waals surface area contributed by atoms with Crippen molar-refractivity contribution in [3.05, 3.63) is 26.8 Å². The first-order valence-corrected chi connectivity index (χ1v) is 3.88. The van der Waals surface area contributed by atoms with Gasteiger partial charge in [-0.3, -0.25) is 4.79 Å². The summed E-state index contributed by atoms with van der Waals surface area (Å²) in [5.74, 6) is 0. The van der Waals surface area contributed by atoms with Crippen LogP contribution in [0.4, 0.5) is 0 Å². The third-order valence-corrected chi connectivity index (χ3v) is 2.04. The molecule has 0 unspecified atom stereocenters. The summed E-state index contributed by atoms with van der Waals surface area (Å²) in [6, 6.07) is 0. The fourth-order valence-electron chi connectivity index (χ4n) is 0.700. The highest BCUT2D eigenvalue weighted by molar-refractivity contribution is 9.10. The molecule has 60 valence electrons. The molecule has 2 N–H and O–H groups in total. The minimum atomic E-state index is -0.219. The van der Waals surface area contributed by atoms with E-state index in [4.69, 9.17) is 5.11 Å². The van der Waals surface area contributed by atoms with Crippen LogP contribution in [-0.2, 0) is 6.42 Å². The van der Waals surface area contributed by atoms with Crippen molar-refractivity contribution in [3.63, 3.8) is 0 Å². The quantitative estimate of drug-likeness (QED) is 0.739. The Morgan fingerprint density at radius 3 is 3.09 bits per heavy atom. The number of aliphatic hydroxyl groups is 1. The van der Waals surface area contributed by atoms with Crippen LogP contribution < -0.4 is 5.56 Å². The van der Waals surface area contributed by atoms with E-state index in [1.807, 2.05) is 0 Å². The van der Waals surface area contributed by atoms with Gasteiger partial charge in [-0.15, -0.1) is 0 Å². The molecule has 0 amide bonds. The molecular formula is C6H7BrN2O2. The highest BCUT2D eigenvalue weighted by Crippen LogP contribution is 2.06. The van der Waals surface area contributed by atoms with Gasteiger partial charge >= 0.3 is 0 Å². The molecule has 0 aliphatic heterocycles. The number of H-pyrrole nitrogens is 1. The van der Waals surface area contributed by atoms with Crippen molar-refractivity contribution in [2.75, 3.05) is 6.61 Å². The molecule has 5 heteroatoms. The van der Waals surface area contributed by atoms with Crippen LogP contribution in [0.2, 0.25) is 0 Å². The Morgan fingerprint density at radius 2 is 2.45 bits per heavy atom. The Hall–Kier alpha value is -0.680. The zero-order valence-corrected chi connectivity index (χ0v) is 7.26. The first kappa shape index (κ1) is 8.42. The molecular weight excluding hydrogens is 212 g/mol. The van der Waals surface area contributed by atoms with Crippen molar-refractivity contribution < 1.29 is 5.11 Å². The van der Waals surface area contributed by atoms with Gasteiger partial charge in [0.05, 0.1) is 12.0 Å². The minimum absolute atomic E-state index is 0.00491. The third kappa shape index (κ3) is 1.87. The van der Waals surface area contributed by atoms with Crippen LogP contribution >= 0.6 is 15.9 Å². The number of hydrogen-bond acceptors (Lipinski definition) is 3. The maximum absolute atomic E-state index is 10.9. The van der Waals surface area contributed by atoms with E-state index in [-0.39, 0.29) is 12.2 Å². The number of aromatic nitrogens is 2. The molecule has 1 aromatic rings. The van der Waals surface area contributed by atoms with Gasteiger partial charge in [-0.2, -0.15) is 0 Å². The molecule has 0 radical (unpaired) electrons. The summed E-state index contributed by atoms with van der Waals surface area (Å²) in [6.07, 6.45) is 1.71. The van der Waals surface area contributed by atoms with Crippen LogP contribution in [0, 0.1) is 0 Å². The summed E-state index contributed by atoms with van der Waals surface area (Å²) in [5, 5.41) is 8.56. The molecule has 1 rings (SSSR count). The molecule has 0 aliphatic rings. The summed E-state index contributed by atoms with van der Waals surface area (Å²) in [4.78, 5) is 17.2. The molecule has 1 heterocycles. The van der Waals surface area contributed by atoms with Gasteiger partial charge < -0.3 is 10.1 Å². The summed E-state index contributed by atoms with van der Waals surface area (Å²) < 4.78 is 0.397. The molecule has 0 aliphatic carbocycles. The Kier molecular flexibility index (Phi) is 2.78. The zero-order valence-electron chi connectivity index (χ0n) is 5.67. The lowest BCUT2D eigenvalue weighted by Gasteiger charge is -1.97. The Morgan fingerprint density at radius 1 is 1.73 bits per heavy atom. The monoisotopic (exact) mass is 218 g/mol. The number of halogens is 1. The van der Waals surface area contributed by atoms with E-state index in [0.717, 1.165) is 0 Å². The normalized spacial score (nSPS) is 10.0. The molecule has 0 atom stereocenters. The molecule has 0 saturated heterocycles. The summed E-state index contributed by atoms with van der Waals surface area (Å²) in [6.45, 7) is -0.00491. The van der Waals surface area contributed by atoms with Crippen molar-refractivity contribution in [2.45, 2.75) is 6.42 Å². The number of aromatic amines is 1. The molecule has 0 bridgehead atoms. The summed E-state index contributed by atoms with van der Waals surface area (Å²) in [5.41, 5.74) is 0.361. The SMILES string of the molecule is O=c1[nH]cnc(CCO)c1Br. The topological polar surface area (TPSA) is 66.0 Å². The number of rotatable bonds is 2. The van der Waals surface area contributed by atoms with Gasteiger partial charge in [0.1, 0.15) is 4.47 Å². The Balaban J connectivity index is 3.06. The predicted molar refractivity (Wildman–Crippen MR) is 43.3 cm³/mol. The first-order chi connectivity index (χ1) is 5.25. The van der Waals surface area contributed by atoms with E-state index in [9.17, 15) is 4.79 Å². The standard InChI is InChI=1S/C6H7BrN2O2/c7-5-4(1-2-10)8-3-9-6(5)11/h3,10H,1-2H2,(H,8,9,11). The minimum Gasteiger partial charge on any atom is -0.396 e. The van der Waals surface area contributed by atoms with Crippen molar-refractivity contribution in [3.8, 4) is 0 Å². The van der Waals surface area contributed by atoms with Gasteiger partial charge in [0, 0.05) is 13.0 Å². The van der Waals surface area contributed by atoms with Crippen molar-refractivity contribution in [1.29, 1.82) is 0 Å². The first-order valence-electron chi connectivity index (χ1n) is 3.08. The van der Waals surface area contributed by atoms with Gasteiger partial charge in [-0.1, -0.05) is 0 Å².